The quantitative estimate of drug-likeness (QED) is 0.180. The van der Waals surface area contributed by atoms with Crippen LogP contribution in [0.4, 0.5) is 13.2 Å². The largest absolute Gasteiger partial charge is 0.417 e. The normalized spacial score (nSPS) is 12.7. The number of aryl methyl sites for hydroxylation is 1. The van der Waals surface area contributed by atoms with E-state index in [0.29, 0.717) is 28.1 Å². The Bertz CT molecular complexity index is 2660. The van der Waals surface area contributed by atoms with Crippen molar-refractivity contribution < 1.29 is 13.2 Å². The van der Waals surface area contributed by atoms with E-state index in [0.717, 1.165) is 60.8 Å². The minimum Gasteiger partial charge on any atom is -0.308 e. The summed E-state index contributed by atoms with van der Waals surface area (Å²) in [5.74, 6) is 0. The number of hydrogen-bond acceptors (Lipinski definition) is 1. The number of fused-ring (bicyclic) bond motifs is 6. The van der Waals surface area contributed by atoms with Gasteiger partial charge in [0.05, 0.1) is 39.0 Å². The molecule has 0 amide bonds. The van der Waals surface area contributed by atoms with Crippen LogP contribution in [-0.2, 0) is 17.0 Å². The molecule has 0 aliphatic heterocycles. The molecule has 53 heavy (non-hydrogen) atoms. The highest BCUT2D eigenvalue weighted by atomic mass is 19.4. The first-order chi connectivity index (χ1) is 25.1. The number of aromatic nitrogens is 2. The summed E-state index contributed by atoms with van der Waals surface area (Å²) in [4.78, 5) is 0. The van der Waals surface area contributed by atoms with Gasteiger partial charge in [-0.2, -0.15) is 18.4 Å². The number of rotatable bonds is 3. The van der Waals surface area contributed by atoms with Crippen LogP contribution in [0.2, 0.25) is 0 Å². The van der Waals surface area contributed by atoms with Crippen LogP contribution in [-0.4, -0.2) is 9.13 Å². The van der Waals surface area contributed by atoms with Gasteiger partial charge in [0, 0.05) is 21.5 Å². The molecule has 6 heteroatoms. The van der Waals surface area contributed by atoms with Crippen molar-refractivity contribution in [2.45, 2.75) is 65.5 Å². The Balaban J connectivity index is 1.60. The van der Waals surface area contributed by atoms with Crippen LogP contribution in [0.25, 0.3) is 66.1 Å². The molecule has 8 rings (SSSR count). The molecule has 0 aliphatic rings. The summed E-state index contributed by atoms with van der Waals surface area (Å²) in [6.45, 7) is 14.7. The fourth-order valence-corrected chi connectivity index (χ4v) is 7.90. The molecule has 0 atom stereocenters. The van der Waals surface area contributed by atoms with E-state index in [1.807, 2.05) is 36.4 Å². The SMILES string of the molecule is Cc1cccc(C(F)(F)F)c1-c1cc(-n2c3ccccc3c3ccc(C(C)(C)C)cc32)c(C#N)c(-n2c3ccccc3c3ccc(C(C)(C)C)cc32)c1. The van der Waals surface area contributed by atoms with Gasteiger partial charge in [-0.05, 0) is 88.0 Å². The molecule has 0 radical (unpaired) electrons. The lowest BCUT2D eigenvalue weighted by molar-refractivity contribution is -0.137. The Kier molecular flexibility index (Phi) is 7.68. The van der Waals surface area contributed by atoms with Gasteiger partial charge < -0.3 is 9.13 Å². The first kappa shape index (κ1) is 34.3. The molecule has 6 aromatic carbocycles. The van der Waals surface area contributed by atoms with Crippen molar-refractivity contribution >= 4 is 43.6 Å². The maximum atomic E-state index is 14.9. The molecule has 0 unspecified atom stereocenters. The predicted molar refractivity (Wildman–Crippen MR) is 212 cm³/mol. The summed E-state index contributed by atoms with van der Waals surface area (Å²) in [7, 11) is 0. The summed E-state index contributed by atoms with van der Waals surface area (Å²) >= 11 is 0. The van der Waals surface area contributed by atoms with E-state index in [9.17, 15) is 18.4 Å². The van der Waals surface area contributed by atoms with E-state index >= 15 is 0 Å². The summed E-state index contributed by atoms with van der Waals surface area (Å²) in [5, 5.41) is 15.3. The summed E-state index contributed by atoms with van der Waals surface area (Å²) < 4.78 is 48.8. The second-order valence-electron chi connectivity index (χ2n) is 16.2. The number of para-hydroxylation sites is 2. The third-order valence-corrected chi connectivity index (χ3v) is 10.6. The van der Waals surface area contributed by atoms with E-state index in [1.54, 1.807) is 25.1 Å². The van der Waals surface area contributed by atoms with Gasteiger partial charge in [0.1, 0.15) is 11.6 Å². The number of halogens is 3. The number of alkyl halides is 3. The second kappa shape index (κ2) is 11.9. The Morgan fingerprint density at radius 1 is 0.528 bits per heavy atom. The van der Waals surface area contributed by atoms with Crippen LogP contribution in [0, 0.1) is 18.3 Å². The van der Waals surface area contributed by atoms with Gasteiger partial charge in [-0.25, -0.2) is 0 Å². The van der Waals surface area contributed by atoms with Gasteiger partial charge in [-0.1, -0.05) is 114 Å². The van der Waals surface area contributed by atoms with Gasteiger partial charge in [-0.15, -0.1) is 0 Å². The maximum Gasteiger partial charge on any atom is 0.417 e. The van der Waals surface area contributed by atoms with Crippen molar-refractivity contribution in [3.63, 3.8) is 0 Å². The lowest BCUT2D eigenvalue weighted by atomic mass is 9.86. The molecule has 0 saturated carbocycles. The number of nitriles is 1. The van der Waals surface area contributed by atoms with Crippen molar-refractivity contribution in [3.05, 3.63) is 143 Å². The molecule has 0 saturated heterocycles. The van der Waals surface area contributed by atoms with Crippen LogP contribution in [0.15, 0.2) is 115 Å². The Hall–Kier alpha value is -5.80. The van der Waals surface area contributed by atoms with Crippen molar-refractivity contribution in [3.8, 4) is 28.6 Å². The van der Waals surface area contributed by atoms with E-state index in [2.05, 4.69) is 105 Å². The smallest absolute Gasteiger partial charge is 0.308 e. The van der Waals surface area contributed by atoms with Crippen LogP contribution < -0.4 is 0 Å². The zero-order valence-electron chi connectivity index (χ0n) is 30.9. The molecule has 0 aliphatic carbocycles. The number of hydrogen-bond donors (Lipinski definition) is 0. The van der Waals surface area contributed by atoms with E-state index in [-0.39, 0.29) is 16.4 Å². The molecule has 8 aromatic rings. The molecule has 0 bridgehead atoms. The van der Waals surface area contributed by atoms with Gasteiger partial charge in [0.25, 0.3) is 0 Å². The Morgan fingerprint density at radius 2 is 0.981 bits per heavy atom. The first-order valence-corrected chi connectivity index (χ1v) is 17.9. The van der Waals surface area contributed by atoms with E-state index in [1.165, 1.54) is 6.07 Å². The molecular formula is C47H40F3N3. The number of benzene rings is 6. The number of nitrogens with zero attached hydrogens (tertiary/aromatic N) is 3. The molecular weight excluding hydrogens is 664 g/mol. The molecule has 264 valence electrons. The standard InChI is InChI=1S/C47H40F3N3/c1-28-13-12-16-37(47(48,49)50)44(28)29-23-40(52-38-17-10-8-14-32(38)34-21-19-30(25-42(34)52)45(2,3)4)36(27-51)41(24-29)53-39-18-11-9-15-33(39)35-22-20-31(26-43(35)53)46(5,6)7/h8-26H,1-7H3. The summed E-state index contributed by atoms with van der Waals surface area (Å²) in [6.07, 6.45) is -4.60. The fraction of sp³-hybridized carbons (Fsp3) is 0.213. The average molecular weight is 704 g/mol. The lowest BCUT2D eigenvalue weighted by Crippen LogP contribution is -2.12. The van der Waals surface area contributed by atoms with E-state index < -0.39 is 11.7 Å². The Labute approximate surface area is 307 Å². The molecule has 2 heterocycles. The fourth-order valence-electron chi connectivity index (χ4n) is 7.90. The minimum atomic E-state index is -4.60. The monoisotopic (exact) mass is 703 g/mol. The third-order valence-electron chi connectivity index (χ3n) is 10.6. The highest BCUT2D eigenvalue weighted by Gasteiger charge is 2.35. The Morgan fingerprint density at radius 3 is 1.42 bits per heavy atom. The van der Waals surface area contributed by atoms with E-state index in [4.69, 9.17) is 0 Å². The van der Waals surface area contributed by atoms with Crippen LogP contribution >= 0.6 is 0 Å². The minimum absolute atomic E-state index is 0.0966. The topological polar surface area (TPSA) is 33.6 Å². The third kappa shape index (κ3) is 5.49. The highest BCUT2D eigenvalue weighted by Crippen LogP contribution is 2.45. The van der Waals surface area contributed by atoms with Crippen molar-refractivity contribution in [1.29, 1.82) is 5.26 Å². The zero-order valence-corrected chi connectivity index (χ0v) is 30.9. The molecule has 2 aromatic heterocycles. The summed E-state index contributed by atoms with van der Waals surface area (Å²) in [6, 6.07) is 39.3. The van der Waals surface area contributed by atoms with Crippen LogP contribution in [0.5, 0.6) is 0 Å². The van der Waals surface area contributed by atoms with Crippen LogP contribution in [0.1, 0.15) is 69.4 Å². The maximum absolute atomic E-state index is 14.9. The highest BCUT2D eigenvalue weighted by molar-refractivity contribution is 6.11. The molecule has 3 nitrogen and oxygen atoms in total. The summed E-state index contributed by atoms with van der Waals surface area (Å²) in [5.41, 5.74) is 7.05. The lowest BCUT2D eigenvalue weighted by Gasteiger charge is -2.22. The van der Waals surface area contributed by atoms with Gasteiger partial charge in [0.2, 0.25) is 0 Å². The van der Waals surface area contributed by atoms with Gasteiger partial charge in [0.15, 0.2) is 0 Å². The van der Waals surface area contributed by atoms with Crippen LogP contribution in [0.3, 0.4) is 0 Å². The van der Waals surface area contributed by atoms with Crippen molar-refractivity contribution in [2.24, 2.45) is 0 Å². The molecule has 0 spiro atoms. The first-order valence-electron chi connectivity index (χ1n) is 17.9. The average Bonchev–Trinajstić information content (AvgIpc) is 3.62. The van der Waals surface area contributed by atoms with Crippen molar-refractivity contribution in [2.75, 3.05) is 0 Å². The molecule has 0 fully saturated rings. The molecule has 0 N–H and O–H groups in total. The zero-order chi connectivity index (χ0) is 37.6. The second-order valence-corrected chi connectivity index (χ2v) is 16.2. The van der Waals surface area contributed by atoms with Crippen molar-refractivity contribution in [1.82, 2.24) is 9.13 Å². The van der Waals surface area contributed by atoms with Gasteiger partial charge >= 0.3 is 6.18 Å². The predicted octanol–water partition coefficient (Wildman–Crippen LogP) is 13.3. The van der Waals surface area contributed by atoms with Gasteiger partial charge in [-0.3, -0.25) is 0 Å².